The largest absolute Gasteiger partial charge is 0.258 e. The Morgan fingerprint density at radius 3 is 2.72 bits per heavy atom. The summed E-state index contributed by atoms with van der Waals surface area (Å²) in [7, 11) is 0. The summed E-state index contributed by atoms with van der Waals surface area (Å²) in [5.41, 5.74) is 1.79. The molecule has 0 spiro atoms. The topological polar surface area (TPSA) is 12.4 Å². The highest BCUT2D eigenvalue weighted by atomic mass is 19.1. The molecule has 0 amide bonds. The first-order chi connectivity index (χ1) is 8.59. The third kappa shape index (κ3) is 5.76. The van der Waals surface area contributed by atoms with Crippen molar-refractivity contribution in [1.82, 2.24) is 0 Å². The Labute approximate surface area is 109 Å². The van der Waals surface area contributed by atoms with Gasteiger partial charge in [0.2, 0.25) is 0 Å². The molecule has 1 unspecified atom stereocenters. The summed E-state index contributed by atoms with van der Waals surface area (Å²) >= 11 is 0. The van der Waals surface area contributed by atoms with E-state index >= 15 is 0 Å². The van der Waals surface area contributed by atoms with Crippen LogP contribution in [-0.2, 0) is 0 Å². The maximum absolute atomic E-state index is 13.3. The van der Waals surface area contributed by atoms with E-state index in [4.69, 9.17) is 0 Å². The molecule has 98 valence electrons. The van der Waals surface area contributed by atoms with Gasteiger partial charge in [0.05, 0.1) is 5.69 Å². The quantitative estimate of drug-likeness (QED) is 0.477. The van der Waals surface area contributed by atoms with Crippen LogP contribution in [0.4, 0.5) is 10.1 Å². The van der Waals surface area contributed by atoms with Crippen molar-refractivity contribution in [3.63, 3.8) is 0 Å². The van der Waals surface area contributed by atoms with Crippen molar-refractivity contribution in [2.24, 2.45) is 10.9 Å². The Morgan fingerprint density at radius 2 is 2.06 bits per heavy atom. The number of rotatable bonds is 6. The van der Waals surface area contributed by atoms with Gasteiger partial charge in [-0.3, -0.25) is 4.99 Å². The van der Waals surface area contributed by atoms with Gasteiger partial charge in [0, 0.05) is 6.21 Å². The molecule has 0 bridgehead atoms. The number of hydrogen-bond donors (Lipinski definition) is 0. The molecule has 0 N–H and O–H groups in total. The van der Waals surface area contributed by atoms with Crippen LogP contribution in [-0.4, -0.2) is 6.21 Å². The van der Waals surface area contributed by atoms with Crippen molar-refractivity contribution in [1.29, 1.82) is 0 Å². The zero-order chi connectivity index (χ0) is 13.4. The number of nitrogens with zero attached hydrogens (tertiary/aromatic N) is 1. The molecule has 0 fully saturated rings. The SMILES string of the molecule is CC(C)=CCCC(C)CC=Nc1ccccc1F. The normalized spacial score (nSPS) is 12.7. The lowest BCUT2D eigenvalue weighted by Crippen LogP contribution is -1.94. The summed E-state index contributed by atoms with van der Waals surface area (Å²) in [6.07, 6.45) is 7.23. The standard InChI is InChI=1S/C16H22FN/c1-13(2)7-6-8-14(3)11-12-18-16-10-5-4-9-15(16)17/h4-5,7,9-10,12,14H,6,8,11H2,1-3H3. The van der Waals surface area contributed by atoms with Crippen LogP contribution in [0, 0.1) is 11.7 Å². The van der Waals surface area contributed by atoms with Gasteiger partial charge in [0.25, 0.3) is 0 Å². The number of allylic oxidation sites excluding steroid dienone is 2. The highest BCUT2D eigenvalue weighted by Gasteiger charge is 2.00. The van der Waals surface area contributed by atoms with E-state index in [1.54, 1.807) is 18.2 Å². The molecule has 0 aliphatic heterocycles. The fraction of sp³-hybridized carbons (Fsp3) is 0.438. The van der Waals surface area contributed by atoms with Gasteiger partial charge in [0.15, 0.2) is 0 Å². The number of aliphatic imine (C=N–C) groups is 1. The lowest BCUT2D eigenvalue weighted by atomic mass is 10.0. The van der Waals surface area contributed by atoms with Gasteiger partial charge < -0.3 is 0 Å². The van der Waals surface area contributed by atoms with E-state index in [0.717, 1.165) is 19.3 Å². The summed E-state index contributed by atoms with van der Waals surface area (Å²) in [6, 6.07) is 6.61. The van der Waals surface area contributed by atoms with Gasteiger partial charge in [-0.2, -0.15) is 0 Å². The first-order valence-electron chi connectivity index (χ1n) is 6.50. The van der Waals surface area contributed by atoms with E-state index in [1.807, 2.05) is 6.21 Å². The maximum Gasteiger partial charge on any atom is 0.148 e. The van der Waals surface area contributed by atoms with Crippen LogP contribution in [0.15, 0.2) is 40.9 Å². The first-order valence-corrected chi connectivity index (χ1v) is 6.50. The van der Waals surface area contributed by atoms with Crippen molar-refractivity contribution in [2.45, 2.75) is 40.0 Å². The summed E-state index contributed by atoms with van der Waals surface area (Å²) in [5, 5.41) is 0. The second-order valence-corrected chi connectivity index (χ2v) is 4.96. The minimum absolute atomic E-state index is 0.258. The molecule has 0 aromatic heterocycles. The van der Waals surface area contributed by atoms with Gasteiger partial charge in [0.1, 0.15) is 5.82 Å². The average Bonchev–Trinajstić information content (AvgIpc) is 2.31. The molecular formula is C16H22FN. The molecule has 1 aromatic carbocycles. The molecule has 0 saturated heterocycles. The van der Waals surface area contributed by atoms with Crippen LogP contribution >= 0.6 is 0 Å². The van der Waals surface area contributed by atoms with Gasteiger partial charge in [-0.15, -0.1) is 0 Å². The van der Waals surface area contributed by atoms with E-state index in [0.29, 0.717) is 11.6 Å². The molecule has 0 aliphatic carbocycles. The Hall–Kier alpha value is -1.44. The van der Waals surface area contributed by atoms with Crippen molar-refractivity contribution >= 4 is 11.9 Å². The molecule has 1 nitrogen and oxygen atoms in total. The number of halogens is 1. The predicted octanol–water partition coefficient (Wildman–Crippen LogP) is 5.30. The van der Waals surface area contributed by atoms with E-state index < -0.39 is 0 Å². The van der Waals surface area contributed by atoms with Crippen molar-refractivity contribution in [3.8, 4) is 0 Å². The van der Waals surface area contributed by atoms with Gasteiger partial charge >= 0.3 is 0 Å². The van der Waals surface area contributed by atoms with Crippen molar-refractivity contribution in [2.75, 3.05) is 0 Å². The van der Waals surface area contributed by atoms with Gasteiger partial charge in [-0.1, -0.05) is 30.7 Å². The summed E-state index contributed by atoms with van der Waals surface area (Å²) < 4.78 is 13.3. The van der Waals surface area contributed by atoms with Gasteiger partial charge in [-0.25, -0.2) is 4.39 Å². The van der Waals surface area contributed by atoms with Crippen molar-refractivity contribution in [3.05, 3.63) is 41.7 Å². The van der Waals surface area contributed by atoms with Crippen LogP contribution in [0.3, 0.4) is 0 Å². The van der Waals surface area contributed by atoms with Crippen LogP contribution < -0.4 is 0 Å². The first kappa shape index (κ1) is 14.6. The second-order valence-electron chi connectivity index (χ2n) is 4.96. The smallest absolute Gasteiger partial charge is 0.148 e. The monoisotopic (exact) mass is 247 g/mol. The zero-order valence-electron chi connectivity index (χ0n) is 11.5. The lowest BCUT2D eigenvalue weighted by molar-refractivity contribution is 0.563. The molecular weight excluding hydrogens is 225 g/mol. The lowest BCUT2D eigenvalue weighted by Gasteiger charge is -2.05. The van der Waals surface area contributed by atoms with E-state index in [2.05, 4.69) is 31.8 Å². The minimum Gasteiger partial charge on any atom is -0.258 e. The van der Waals surface area contributed by atoms with E-state index in [9.17, 15) is 4.39 Å². The molecule has 0 saturated carbocycles. The third-order valence-electron chi connectivity index (χ3n) is 2.80. The molecule has 1 atom stereocenters. The van der Waals surface area contributed by atoms with E-state index in [-0.39, 0.29) is 5.82 Å². The van der Waals surface area contributed by atoms with Crippen LogP contribution in [0.2, 0.25) is 0 Å². The van der Waals surface area contributed by atoms with Crippen LogP contribution in [0.1, 0.15) is 40.0 Å². The van der Waals surface area contributed by atoms with Gasteiger partial charge in [-0.05, 0) is 51.2 Å². The molecule has 1 rings (SSSR count). The predicted molar refractivity (Wildman–Crippen MR) is 77.0 cm³/mol. The molecule has 0 heterocycles. The summed E-state index contributed by atoms with van der Waals surface area (Å²) in [5.74, 6) is 0.321. The van der Waals surface area contributed by atoms with Crippen LogP contribution in [0.5, 0.6) is 0 Å². The van der Waals surface area contributed by atoms with E-state index in [1.165, 1.54) is 11.6 Å². The maximum atomic E-state index is 13.3. The average molecular weight is 247 g/mol. The Balaban J connectivity index is 2.36. The highest BCUT2D eigenvalue weighted by molar-refractivity contribution is 5.63. The zero-order valence-corrected chi connectivity index (χ0v) is 11.5. The molecule has 0 aliphatic rings. The summed E-state index contributed by atoms with van der Waals surface area (Å²) in [6.45, 7) is 6.43. The second kappa shape index (κ2) is 7.80. The summed E-state index contributed by atoms with van der Waals surface area (Å²) in [4.78, 5) is 4.17. The Kier molecular flexibility index (Phi) is 6.34. The molecule has 2 heteroatoms. The number of benzene rings is 1. The van der Waals surface area contributed by atoms with Crippen molar-refractivity contribution < 1.29 is 4.39 Å². The Morgan fingerprint density at radius 1 is 1.33 bits per heavy atom. The minimum atomic E-state index is -0.258. The fourth-order valence-electron chi connectivity index (χ4n) is 1.66. The Bertz CT molecular complexity index is 417. The third-order valence-corrected chi connectivity index (χ3v) is 2.80. The fourth-order valence-corrected chi connectivity index (χ4v) is 1.66. The number of para-hydroxylation sites is 1. The molecule has 18 heavy (non-hydrogen) atoms. The molecule has 1 aromatic rings. The van der Waals surface area contributed by atoms with Crippen LogP contribution in [0.25, 0.3) is 0 Å². The molecule has 0 radical (unpaired) electrons. The number of hydrogen-bond acceptors (Lipinski definition) is 1. The highest BCUT2D eigenvalue weighted by Crippen LogP contribution is 2.17.